The molecule has 5 nitrogen and oxygen atoms in total. The molecular formula is C31H36N2O3S. The van der Waals surface area contributed by atoms with Crippen LogP contribution in [0.25, 0.3) is 0 Å². The Morgan fingerprint density at radius 1 is 0.946 bits per heavy atom. The normalized spacial score (nSPS) is 19.4. The molecule has 0 saturated heterocycles. The van der Waals surface area contributed by atoms with Crippen LogP contribution in [0.15, 0.2) is 48.5 Å². The molecule has 2 N–H and O–H groups in total. The number of hydrogen-bond donors (Lipinski definition) is 2. The molecular weight excluding hydrogens is 480 g/mol. The monoisotopic (exact) mass is 516 g/mol. The van der Waals surface area contributed by atoms with E-state index in [0.29, 0.717) is 17.2 Å². The van der Waals surface area contributed by atoms with Crippen molar-refractivity contribution >= 4 is 28.2 Å². The first-order valence-electron chi connectivity index (χ1n) is 13.0. The molecule has 5 rings (SSSR count). The number of thiophene rings is 1. The zero-order chi connectivity index (χ0) is 26.5. The molecule has 2 aromatic carbocycles. The lowest BCUT2D eigenvalue weighted by Crippen LogP contribution is -2.38. The average Bonchev–Trinajstić information content (AvgIpc) is 3.22. The standard InChI is InChI=1S/C31H36N2O3S/c1-30(2,3)20-11-7-19(8-12-20)29(35)36-22-14-9-18(10-15-22)26-32-27(34)25-23-16-13-21(31(4,5)6)17-24(23)37-28(25)33-26/h7-12,14-15,21,26,33H,13,16-17H2,1-6H3,(H,32,34)/t21-,26-/m0/s1. The summed E-state index contributed by atoms with van der Waals surface area (Å²) < 4.78 is 5.59. The number of fused-ring (bicyclic) bond motifs is 3. The van der Waals surface area contributed by atoms with Gasteiger partial charge in [-0.1, -0.05) is 65.8 Å². The van der Waals surface area contributed by atoms with Crippen molar-refractivity contribution < 1.29 is 14.3 Å². The highest BCUT2D eigenvalue weighted by Gasteiger charge is 2.36. The lowest BCUT2D eigenvalue weighted by atomic mass is 9.72. The van der Waals surface area contributed by atoms with Gasteiger partial charge in [-0.05, 0) is 77.0 Å². The highest BCUT2D eigenvalue weighted by molar-refractivity contribution is 7.16. The number of carbonyl (C=O) groups is 2. The van der Waals surface area contributed by atoms with E-state index in [1.165, 1.54) is 16.0 Å². The topological polar surface area (TPSA) is 67.4 Å². The predicted octanol–water partition coefficient (Wildman–Crippen LogP) is 7.27. The molecule has 194 valence electrons. The summed E-state index contributed by atoms with van der Waals surface area (Å²) in [6.07, 6.45) is 2.79. The van der Waals surface area contributed by atoms with Crippen LogP contribution in [0, 0.1) is 11.3 Å². The van der Waals surface area contributed by atoms with Crippen LogP contribution in [0.5, 0.6) is 5.75 Å². The van der Waals surface area contributed by atoms with Gasteiger partial charge in [-0.15, -0.1) is 11.3 Å². The van der Waals surface area contributed by atoms with Crippen molar-refractivity contribution in [1.29, 1.82) is 0 Å². The molecule has 1 aliphatic carbocycles. The van der Waals surface area contributed by atoms with E-state index < -0.39 is 0 Å². The van der Waals surface area contributed by atoms with Gasteiger partial charge in [0.2, 0.25) is 0 Å². The first-order valence-corrected chi connectivity index (χ1v) is 13.9. The Hall–Kier alpha value is -3.12. The molecule has 1 aliphatic heterocycles. The van der Waals surface area contributed by atoms with E-state index in [1.807, 2.05) is 24.3 Å². The van der Waals surface area contributed by atoms with Crippen LogP contribution in [0.3, 0.4) is 0 Å². The summed E-state index contributed by atoms with van der Waals surface area (Å²) in [5.74, 6) is 0.696. The minimum Gasteiger partial charge on any atom is -0.423 e. The van der Waals surface area contributed by atoms with Crippen LogP contribution in [-0.2, 0) is 18.3 Å². The van der Waals surface area contributed by atoms with Gasteiger partial charge in [0.1, 0.15) is 16.9 Å². The number of esters is 1. The summed E-state index contributed by atoms with van der Waals surface area (Å²) in [5, 5.41) is 7.62. The SMILES string of the molecule is CC(C)(C)c1ccc(C(=O)Oc2ccc([C@H]3NC(=O)c4c(sc5c4CC[C@H](C(C)(C)C)C5)N3)cc2)cc1. The zero-order valence-corrected chi connectivity index (χ0v) is 23.3. The second kappa shape index (κ2) is 9.32. The van der Waals surface area contributed by atoms with Gasteiger partial charge in [0, 0.05) is 4.88 Å². The highest BCUT2D eigenvalue weighted by Crippen LogP contribution is 2.46. The minimum atomic E-state index is -0.389. The molecule has 1 amide bonds. The average molecular weight is 517 g/mol. The molecule has 2 aliphatic rings. The Bertz CT molecular complexity index is 1330. The second-order valence-electron chi connectivity index (χ2n) is 12.4. The Kier molecular flexibility index (Phi) is 6.43. The summed E-state index contributed by atoms with van der Waals surface area (Å²) in [4.78, 5) is 27.1. The predicted molar refractivity (Wildman–Crippen MR) is 150 cm³/mol. The molecule has 0 fully saturated rings. The number of carbonyl (C=O) groups excluding carboxylic acids is 2. The van der Waals surface area contributed by atoms with Crippen LogP contribution >= 0.6 is 11.3 Å². The Morgan fingerprint density at radius 3 is 2.24 bits per heavy atom. The summed E-state index contributed by atoms with van der Waals surface area (Å²) in [5.41, 5.74) is 4.93. The maximum atomic E-state index is 13.1. The summed E-state index contributed by atoms with van der Waals surface area (Å²) >= 11 is 1.73. The van der Waals surface area contributed by atoms with E-state index >= 15 is 0 Å². The number of amides is 1. The Balaban J connectivity index is 1.27. The van der Waals surface area contributed by atoms with E-state index in [-0.39, 0.29) is 28.9 Å². The second-order valence-corrected chi connectivity index (χ2v) is 13.5. The van der Waals surface area contributed by atoms with Gasteiger partial charge >= 0.3 is 5.97 Å². The number of nitrogens with one attached hydrogen (secondary N) is 2. The number of benzene rings is 2. The molecule has 37 heavy (non-hydrogen) atoms. The minimum absolute atomic E-state index is 0.0142. The van der Waals surface area contributed by atoms with Gasteiger partial charge in [0.15, 0.2) is 0 Å². The Morgan fingerprint density at radius 2 is 1.62 bits per heavy atom. The highest BCUT2D eigenvalue weighted by atomic mass is 32.1. The number of ether oxygens (including phenoxy) is 1. The first-order chi connectivity index (χ1) is 17.4. The van der Waals surface area contributed by atoms with Crippen molar-refractivity contribution in [3.63, 3.8) is 0 Å². The van der Waals surface area contributed by atoms with E-state index in [0.717, 1.165) is 35.4 Å². The third kappa shape index (κ3) is 5.17. The van der Waals surface area contributed by atoms with Crippen molar-refractivity contribution in [3.8, 4) is 5.75 Å². The fourth-order valence-electron chi connectivity index (χ4n) is 5.20. The molecule has 0 unspecified atom stereocenters. The molecule has 0 radical (unpaired) electrons. The Labute approximate surface area is 223 Å². The van der Waals surface area contributed by atoms with Crippen molar-refractivity contribution in [2.24, 2.45) is 11.3 Å². The molecule has 3 aromatic rings. The van der Waals surface area contributed by atoms with Crippen molar-refractivity contribution in [3.05, 3.63) is 81.2 Å². The molecule has 0 bridgehead atoms. The third-order valence-electron chi connectivity index (χ3n) is 7.68. The van der Waals surface area contributed by atoms with Gasteiger partial charge in [-0.25, -0.2) is 4.79 Å². The van der Waals surface area contributed by atoms with Gasteiger partial charge in [-0.3, -0.25) is 4.79 Å². The van der Waals surface area contributed by atoms with Gasteiger partial charge < -0.3 is 15.4 Å². The lowest BCUT2D eigenvalue weighted by Gasteiger charge is -2.34. The summed E-state index contributed by atoms with van der Waals surface area (Å²) in [6.45, 7) is 13.3. The van der Waals surface area contributed by atoms with Gasteiger partial charge in [-0.2, -0.15) is 0 Å². The van der Waals surface area contributed by atoms with Crippen LogP contribution in [0.1, 0.15) is 96.4 Å². The fourth-order valence-corrected chi connectivity index (χ4v) is 6.56. The molecule has 6 heteroatoms. The van der Waals surface area contributed by atoms with Crippen LogP contribution in [0.2, 0.25) is 0 Å². The summed E-state index contributed by atoms with van der Waals surface area (Å²) in [6, 6.07) is 14.9. The largest absolute Gasteiger partial charge is 0.423 e. The van der Waals surface area contributed by atoms with Crippen molar-refractivity contribution in [1.82, 2.24) is 5.32 Å². The molecule has 2 heterocycles. The smallest absolute Gasteiger partial charge is 0.343 e. The van der Waals surface area contributed by atoms with Crippen LogP contribution < -0.4 is 15.4 Å². The van der Waals surface area contributed by atoms with Crippen molar-refractivity contribution in [2.75, 3.05) is 5.32 Å². The first kappa shape index (κ1) is 25.5. The van der Waals surface area contributed by atoms with Gasteiger partial charge in [0.25, 0.3) is 5.91 Å². The number of anilines is 1. The number of rotatable bonds is 3. The van der Waals surface area contributed by atoms with Crippen LogP contribution in [-0.4, -0.2) is 11.9 Å². The van der Waals surface area contributed by atoms with E-state index in [9.17, 15) is 9.59 Å². The quantitative estimate of drug-likeness (QED) is 0.284. The lowest BCUT2D eigenvalue weighted by molar-refractivity contribution is 0.0734. The molecule has 1 aromatic heterocycles. The van der Waals surface area contributed by atoms with E-state index in [2.05, 4.69) is 52.2 Å². The molecule has 0 saturated carbocycles. The van der Waals surface area contributed by atoms with Crippen LogP contribution in [0.4, 0.5) is 5.00 Å². The number of hydrogen-bond acceptors (Lipinski definition) is 5. The van der Waals surface area contributed by atoms with Crippen molar-refractivity contribution in [2.45, 2.75) is 72.4 Å². The third-order valence-corrected chi connectivity index (χ3v) is 8.86. The maximum Gasteiger partial charge on any atom is 0.343 e. The molecule has 2 atom stereocenters. The maximum absolute atomic E-state index is 13.1. The molecule has 0 spiro atoms. The zero-order valence-electron chi connectivity index (χ0n) is 22.5. The van der Waals surface area contributed by atoms with E-state index in [4.69, 9.17) is 4.74 Å². The van der Waals surface area contributed by atoms with Gasteiger partial charge in [0.05, 0.1) is 11.1 Å². The van der Waals surface area contributed by atoms with E-state index in [1.54, 1.807) is 35.6 Å². The summed E-state index contributed by atoms with van der Waals surface area (Å²) in [7, 11) is 0. The fraction of sp³-hybridized carbons (Fsp3) is 0.419.